The summed E-state index contributed by atoms with van der Waals surface area (Å²) in [6.45, 7) is 0.566. The topological polar surface area (TPSA) is 86.1 Å². The van der Waals surface area contributed by atoms with Crippen LogP contribution in [-0.4, -0.2) is 26.2 Å². The molecule has 4 rings (SSSR count). The number of carbonyl (C=O) groups excluding carboxylic acids is 1. The Bertz CT molecular complexity index is 1070. The Morgan fingerprint density at radius 2 is 2.11 bits per heavy atom. The number of aromatic nitrogens is 3. The van der Waals surface area contributed by atoms with Gasteiger partial charge in [-0.3, -0.25) is 14.2 Å². The zero-order chi connectivity index (χ0) is 18.8. The van der Waals surface area contributed by atoms with Crippen LogP contribution in [0.1, 0.15) is 10.4 Å². The molecule has 2 aromatic heterocycles. The number of fused-ring (bicyclic) bond motifs is 1. The number of hydrogen-bond donors (Lipinski definition) is 1. The minimum atomic E-state index is -0.512. The van der Waals surface area contributed by atoms with Gasteiger partial charge in [0.25, 0.3) is 11.5 Å². The maximum Gasteiger partial charge on any atom is 0.267 e. The van der Waals surface area contributed by atoms with Gasteiger partial charge in [-0.1, -0.05) is 33.8 Å². The van der Waals surface area contributed by atoms with Crippen molar-refractivity contribution >= 4 is 39.3 Å². The van der Waals surface area contributed by atoms with E-state index in [4.69, 9.17) is 4.74 Å². The minimum Gasteiger partial charge on any atom is -0.439 e. The number of anilines is 1. The molecule has 1 aliphatic rings. The molecule has 0 bridgehead atoms. The first-order chi connectivity index (χ1) is 13.1. The van der Waals surface area contributed by atoms with E-state index in [2.05, 4.69) is 31.2 Å². The molecule has 9 heteroatoms. The first-order valence-electron chi connectivity index (χ1n) is 8.03. The molecule has 1 N–H and O–H groups in total. The Hall–Kier alpha value is -2.65. The van der Waals surface area contributed by atoms with Crippen LogP contribution in [0.15, 0.2) is 63.2 Å². The van der Waals surface area contributed by atoms with E-state index in [9.17, 15) is 9.59 Å². The van der Waals surface area contributed by atoms with Gasteiger partial charge in [0.15, 0.2) is 5.16 Å². The molecule has 0 fully saturated rings. The third kappa shape index (κ3) is 3.88. The molecule has 3 aromatic rings. The zero-order valence-corrected chi connectivity index (χ0v) is 16.3. The highest BCUT2D eigenvalue weighted by atomic mass is 79.9. The number of hydrogen-bond acceptors (Lipinski definition) is 6. The SMILES string of the molecule is O=C(Nc1ccc(Oc2cccc(Br)c2)nc1)c1cnc2n(c1=O)CCS2. The molecule has 0 atom stereocenters. The summed E-state index contributed by atoms with van der Waals surface area (Å²) in [5.74, 6) is 1.31. The van der Waals surface area contributed by atoms with Gasteiger partial charge in [-0.2, -0.15) is 0 Å². The summed E-state index contributed by atoms with van der Waals surface area (Å²) in [6.07, 6.45) is 2.79. The molecule has 3 heterocycles. The summed E-state index contributed by atoms with van der Waals surface area (Å²) >= 11 is 4.88. The second-order valence-electron chi connectivity index (χ2n) is 5.66. The number of thioether (sulfide) groups is 1. The summed E-state index contributed by atoms with van der Waals surface area (Å²) < 4.78 is 8.07. The van der Waals surface area contributed by atoms with E-state index in [1.54, 1.807) is 12.1 Å². The fourth-order valence-corrected chi connectivity index (χ4v) is 3.83. The van der Waals surface area contributed by atoms with Gasteiger partial charge in [0, 0.05) is 29.0 Å². The van der Waals surface area contributed by atoms with Crippen LogP contribution < -0.4 is 15.6 Å². The van der Waals surface area contributed by atoms with E-state index in [1.807, 2.05) is 24.3 Å². The Morgan fingerprint density at radius 3 is 2.89 bits per heavy atom. The van der Waals surface area contributed by atoms with E-state index in [0.717, 1.165) is 10.2 Å². The number of pyridine rings is 1. The molecule has 1 aromatic carbocycles. The summed E-state index contributed by atoms with van der Waals surface area (Å²) in [5, 5.41) is 3.31. The van der Waals surface area contributed by atoms with Crippen molar-refractivity contribution in [3.63, 3.8) is 0 Å². The van der Waals surface area contributed by atoms with Crippen LogP contribution in [0.4, 0.5) is 5.69 Å². The predicted octanol–water partition coefficient (Wildman–Crippen LogP) is 3.55. The Labute approximate surface area is 166 Å². The lowest BCUT2D eigenvalue weighted by Gasteiger charge is -2.08. The number of amides is 1. The molecule has 27 heavy (non-hydrogen) atoms. The van der Waals surface area contributed by atoms with Crippen LogP contribution in [-0.2, 0) is 6.54 Å². The van der Waals surface area contributed by atoms with Gasteiger partial charge >= 0.3 is 0 Å². The molecule has 0 saturated carbocycles. The number of rotatable bonds is 4. The number of nitrogens with zero attached hydrogens (tertiary/aromatic N) is 3. The fraction of sp³-hybridized carbons (Fsp3) is 0.111. The molecule has 0 aliphatic carbocycles. The lowest BCUT2D eigenvalue weighted by Crippen LogP contribution is -2.29. The molecular weight excluding hydrogens is 432 g/mol. The van der Waals surface area contributed by atoms with Crippen LogP contribution in [0.2, 0.25) is 0 Å². The summed E-state index contributed by atoms with van der Waals surface area (Å²) in [5.41, 5.74) is 0.140. The Kier molecular flexibility index (Phi) is 4.95. The molecule has 1 aliphatic heterocycles. The van der Waals surface area contributed by atoms with E-state index in [-0.39, 0.29) is 11.1 Å². The lowest BCUT2D eigenvalue weighted by molar-refractivity contribution is 0.102. The van der Waals surface area contributed by atoms with Crippen molar-refractivity contribution in [1.29, 1.82) is 0 Å². The summed E-state index contributed by atoms with van der Waals surface area (Å²) in [4.78, 5) is 33.2. The third-order valence-corrected chi connectivity index (χ3v) is 5.28. The first kappa shape index (κ1) is 17.7. The summed E-state index contributed by atoms with van der Waals surface area (Å²) in [7, 11) is 0. The number of halogens is 1. The van der Waals surface area contributed by atoms with Crippen molar-refractivity contribution < 1.29 is 9.53 Å². The van der Waals surface area contributed by atoms with Gasteiger partial charge in [0.05, 0.1) is 11.9 Å². The average molecular weight is 445 g/mol. The third-order valence-electron chi connectivity index (χ3n) is 3.81. The Morgan fingerprint density at radius 1 is 1.22 bits per heavy atom. The predicted molar refractivity (Wildman–Crippen MR) is 106 cm³/mol. The van der Waals surface area contributed by atoms with Crippen molar-refractivity contribution in [1.82, 2.24) is 14.5 Å². The van der Waals surface area contributed by atoms with Crippen LogP contribution in [0.25, 0.3) is 0 Å². The molecular formula is C18H13BrN4O3S. The van der Waals surface area contributed by atoms with Gasteiger partial charge < -0.3 is 10.1 Å². The number of benzene rings is 1. The largest absolute Gasteiger partial charge is 0.439 e. The smallest absolute Gasteiger partial charge is 0.267 e. The van der Waals surface area contributed by atoms with E-state index < -0.39 is 5.91 Å². The molecule has 136 valence electrons. The van der Waals surface area contributed by atoms with Crippen molar-refractivity contribution in [3.05, 3.63) is 69.2 Å². The van der Waals surface area contributed by atoms with Crippen molar-refractivity contribution in [2.24, 2.45) is 0 Å². The lowest BCUT2D eigenvalue weighted by atomic mass is 10.3. The normalized spacial score (nSPS) is 12.5. The van der Waals surface area contributed by atoms with Gasteiger partial charge in [-0.25, -0.2) is 9.97 Å². The fourth-order valence-electron chi connectivity index (χ4n) is 2.54. The molecule has 1 amide bonds. The standard InChI is InChI=1S/C18H13BrN4O3S/c19-11-2-1-3-13(8-11)26-15-5-4-12(9-20-15)22-16(24)14-10-21-18-23(17(14)25)6-7-27-18/h1-5,8-10H,6-7H2,(H,22,24). The van der Waals surface area contributed by atoms with Gasteiger partial charge in [0.2, 0.25) is 5.88 Å². The van der Waals surface area contributed by atoms with Crippen LogP contribution in [0, 0.1) is 0 Å². The monoisotopic (exact) mass is 444 g/mol. The van der Waals surface area contributed by atoms with Gasteiger partial charge in [0.1, 0.15) is 11.3 Å². The second kappa shape index (κ2) is 7.53. The van der Waals surface area contributed by atoms with Crippen molar-refractivity contribution in [2.75, 3.05) is 11.1 Å². The maximum atomic E-state index is 12.4. The van der Waals surface area contributed by atoms with E-state index >= 15 is 0 Å². The van der Waals surface area contributed by atoms with Gasteiger partial charge in [-0.05, 0) is 24.3 Å². The number of carbonyl (C=O) groups is 1. The number of nitrogens with one attached hydrogen (secondary N) is 1. The molecule has 7 nitrogen and oxygen atoms in total. The molecule has 0 radical (unpaired) electrons. The molecule has 0 spiro atoms. The average Bonchev–Trinajstić information content (AvgIpc) is 3.13. The summed E-state index contributed by atoms with van der Waals surface area (Å²) in [6, 6.07) is 10.7. The Balaban J connectivity index is 1.47. The zero-order valence-electron chi connectivity index (χ0n) is 13.9. The number of ether oxygens (including phenoxy) is 1. The quantitative estimate of drug-likeness (QED) is 0.619. The molecule has 0 unspecified atom stereocenters. The maximum absolute atomic E-state index is 12.4. The highest BCUT2D eigenvalue weighted by Crippen LogP contribution is 2.24. The van der Waals surface area contributed by atoms with Crippen LogP contribution in [0.5, 0.6) is 11.6 Å². The van der Waals surface area contributed by atoms with Crippen LogP contribution >= 0.6 is 27.7 Å². The van der Waals surface area contributed by atoms with E-state index in [0.29, 0.717) is 29.0 Å². The van der Waals surface area contributed by atoms with Gasteiger partial charge in [-0.15, -0.1) is 0 Å². The second-order valence-corrected chi connectivity index (χ2v) is 7.64. The minimum absolute atomic E-state index is 0.00992. The first-order valence-corrected chi connectivity index (χ1v) is 9.81. The highest BCUT2D eigenvalue weighted by molar-refractivity contribution is 9.10. The molecule has 0 saturated heterocycles. The van der Waals surface area contributed by atoms with Crippen LogP contribution in [0.3, 0.4) is 0 Å². The van der Waals surface area contributed by atoms with Crippen molar-refractivity contribution in [3.8, 4) is 11.6 Å². The highest BCUT2D eigenvalue weighted by Gasteiger charge is 2.20. The van der Waals surface area contributed by atoms with E-state index in [1.165, 1.54) is 28.7 Å². The van der Waals surface area contributed by atoms with Crippen molar-refractivity contribution in [2.45, 2.75) is 11.7 Å².